The van der Waals surface area contributed by atoms with Gasteiger partial charge in [0.05, 0.1) is 11.0 Å². The van der Waals surface area contributed by atoms with E-state index in [9.17, 15) is 8.42 Å². The fourth-order valence-electron chi connectivity index (χ4n) is 2.03. The lowest BCUT2D eigenvalue weighted by Gasteiger charge is -2.29. The molecule has 0 radical (unpaired) electrons. The van der Waals surface area contributed by atoms with E-state index in [1.54, 1.807) is 19.1 Å². The molecule has 0 N–H and O–H groups in total. The lowest BCUT2D eigenvalue weighted by Crippen LogP contribution is -2.38. The molecule has 0 aromatic heterocycles. The van der Waals surface area contributed by atoms with Gasteiger partial charge in [-0.3, -0.25) is 0 Å². The van der Waals surface area contributed by atoms with Crippen LogP contribution in [0.4, 0.5) is 0 Å². The average Bonchev–Trinajstić information content (AvgIpc) is 2.32. The normalized spacial score (nSPS) is 12.4. The summed E-state index contributed by atoms with van der Waals surface area (Å²) in [4.78, 5) is 0.245. The molecular formula is C15H21ClN2O2S. The highest BCUT2D eigenvalue weighted by molar-refractivity contribution is 7.89. The summed E-state index contributed by atoms with van der Waals surface area (Å²) in [5.74, 6) is 0. The van der Waals surface area contributed by atoms with Crippen LogP contribution >= 0.6 is 11.6 Å². The molecule has 0 heterocycles. The minimum absolute atomic E-state index is 0.169. The van der Waals surface area contributed by atoms with E-state index in [0.29, 0.717) is 17.1 Å². The molecular weight excluding hydrogens is 308 g/mol. The summed E-state index contributed by atoms with van der Waals surface area (Å²) in [7, 11) is -3.63. The Balaban J connectivity index is 3.23. The Bertz CT molecular complexity index is 643. The van der Waals surface area contributed by atoms with Crippen LogP contribution in [0.2, 0.25) is 5.02 Å². The molecule has 0 spiro atoms. The molecule has 21 heavy (non-hydrogen) atoms. The number of halogens is 1. The predicted octanol–water partition coefficient (Wildman–Crippen LogP) is 3.60. The van der Waals surface area contributed by atoms with Crippen LogP contribution in [0.1, 0.15) is 32.8 Å². The summed E-state index contributed by atoms with van der Waals surface area (Å²) < 4.78 is 27.0. The standard InChI is InChI=1S/C15H21ClN2O2S/c1-12-10-13(16)6-7-14(12)21(19,20)18(9-5-8-17)11-15(2,3)4/h6-7,10H,5,9,11H2,1-4H3. The first-order valence-corrected chi connectivity index (χ1v) is 8.53. The Kier molecular flexibility index (Phi) is 5.80. The van der Waals surface area contributed by atoms with E-state index in [1.165, 1.54) is 10.4 Å². The van der Waals surface area contributed by atoms with Crippen LogP contribution in [0, 0.1) is 23.7 Å². The molecule has 0 fully saturated rings. The van der Waals surface area contributed by atoms with Crippen molar-refractivity contribution >= 4 is 21.6 Å². The first-order chi connectivity index (χ1) is 9.58. The highest BCUT2D eigenvalue weighted by Gasteiger charge is 2.29. The monoisotopic (exact) mass is 328 g/mol. The molecule has 4 nitrogen and oxygen atoms in total. The van der Waals surface area contributed by atoms with Crippen molar-refractivity contribution in [1.82, 2.24) is 4.31 Å². The van der Waals surface area contributed by atoms with Crippen molar-refractivity contribution in [3.8, 4) is 6.07 Å². The Labute approximate surface area is 132 Å². The van der Waals surface area contributed by atoms with E-state index < -0.39 is 10.0 Å². The van der Waals surface area contributed by atoms with Gasteiger partial charge in [-0.05, 0) is 36.1 Å². The number of nitriles is 1. The Morgan fingerprint density at radius 1 is 1.33 bits per heavy atom. The Morgan fingerprint density at radius 3 is 2.43 bits per heavy atom. The fourth-order valence-corrected chi connectivity index (χ4v) is 4.13. The number of nitrogens with zero attached hydrogens (tertiary/aromatic N) is 2. The molecule has 0 atom stereocenters. The van der Waals surface area contributed by atoms with E-state index in [-0.39, 0.29) is 23.3 Å². The van der Waals surface area contributed by atoms with Crippen LogP contribution in [0.3, 0.4) is 0 Å². The van der Waals surface area contributed by atoms with Crippen molar-refractivity contribution in [1.29, 1.82) is 5.26 Å². The van der Waals surface area contributed by atoms with Crippen LogP contribution < -0.4 is 0 Å². The van der Waals surface area contributed by atoms with Gasteiger partial charge < -0.3 is 0 Å². The second kappa shape index (κ2) is 6.78. The van der Waals surface area contributed by atoms with Crippen LogP contribution in [0.5, 0.6) is 0 Å². The van der Waals surface area contributed by atoms with E-state index in [4.69, 9.17) is 16.9 Å². The molecule has 6 heteroatoms. The van der Waals surface area contributed by atoms with E-state index in [0.717, 1.165) is 0 Å². The zero-order chi connectivity index (χ0) is 16.3. The maximum atomic E-state index is 12.8. The summed E-state index contributed by atoms with van der Waals surface area (Å²) in [6, 6.07) is 6.73. The van der Waals surface area contributed by atoms with Crippen molar-refractivity contribution in [2.45, 2.75) is 39.0 Å². The number of aryl methyl sites for hydroxylation is 1. The van der Waals surface area contributed by atoms with E-state index in [1.807, 2.05) is 26.8 Å². The summed E-state index contributed by atoms with van der Waals surface area (Å²) >= 11 is 5.89. The van der Waals surface area contributed by atoms with Gasteiger partial charge in [-0.15, -0.1) is 0 Å². The van der Waals surface area contributed by atoms with Crippen molar-refractivity contribution in [3.63, 3.8) is 0 Å². The molecule has 0 amide bonds. The van der Waals surface area contributed by atoms with Gasteiger partial charge in [-0.2, -0.15) is 9.57 Å². The minimum atomic E-state index is -3.63. The molecule has 0 aliphatic rings. The topological polar surface area (TPSA) is 61.2 Å². The first kappa shape index (κ1) is 18.0. The molecule has 0 bridgehead atoms. The van der Waals surface area contributed by atoms with E-state index in [2.05, 4.69) is 0 Å². The molecule has 0 aliphatic carbocycles. The molecule has 0 aliphatic heterocycles. The number of hydrogen-bond acceptors (Lipinski definition) is 3. The van der Waals surface area contributed by atoms with Crippen LogP contribution in [0.15, 0.2) is 23.1 Å². The second-order valence-corrected chi connectivity index (χ2v) is 8.56. The Morgan fingerprint density at radius 2 is 1.95 bits per heavy atom. The van der Waals surface area contributed by atoms with Gasteiger partial charge in [0.1, 0.15) is 0 Å². The van der Waals surface area contributed by atoms with Gasteiger partial charge in [-0.1, -0.05) is 32.4 Å². The summed E-state index contributed by atoms with van der Waals surface area (Å²) in [5, 5.41) is 9.26. The first-order valence-electron chi connectivity index (χ1n) is 6.71. The number of benzene rings is 1. The van der Waals surface area contributed by atoms with Gasteiger partial charge in [0.2, 0.25) is 10.0 Å². The molecule has 0 unspecified atom stereocenters. The van der Waals surface area contributed by atoms with Crippen LogP contribution in [-0.4, -0.2) is 25.8 Å². The highest BCUT2D eigenvalue weighted by atomic mass is 35.5. The predicted molar refractivity (Wildman–Crippen MR) is 84.6 cm³/mol. The van der Waals surface area contributed by atoms with Gasteiger partial charge in [0.15, 0.2) is 0 Å². The zero-order valence-corrected chi connectivity index (χ0v) is 14.4. The quantitative estimate of drug-likeness (QED) is 0.829. The zero-order valence-electron chi connectivity index (χ0n) is 12.9. The fraction of sp³-hybridized carbons (Fsp3) is 0.533. The number of rotatable bonds is 5. The molecule has 1 rings (SSSR count). The molecule has 116 valence electrons. The van der Waals surface area contributed by atoms with Gasteiger partial charge >= 0.3 is 0 Å². The number of sulfonamides is 1. The molecule has 0 saturated heterocycles. The SMILES string of the molecule is Cc1cc(Cl)ccc1S(=O)(=O)N(CCC#N)CC(C)(C)C. The van der Waals surface area contributed by atoms with Crippen LogP contribution in [-0.2, 0) is 10.0 Å². The lowest BCUT2D eigenvalue weighted by molar-refractivity contribution is 0.284. The van der Waals surface area contributed by atoms with Gasteiger partial charge in [0.25, 0.3) is 0 Å². The van der Waals surface area contributed by atoms with Gasteiger partial charge in [-0.25, -0.2) is 8.42 Å². The molecule has 1 aromatic rings. The summed E-state index contributed by atoms with van der Waals surface area (Å²) in [6.45, 7) is 8.18. The summed E-state index contributed by atoms with van der Waals surface area (Å²) in [6.07, 6.45) is 0.169. The second-order valence-electron chi connectivity index (χ2n) is 6.22. The molecule has 0 saturated carbocycles. The van der Waals surface area contributed by atoms with Crippen molar-refractivity contribution in [3.05, 3.63) is 28.8 Å². The smallest absolute Gasteiger partial charge is 0.207 e. The third-order valence-electron chi connectivity index (χ3n) is 2.88. The molecule has 1 aromatic carbocycles. The third kappa shape index (κ3) is 4.99. The van der Waals surface area contributed by atoms with Gasteiger partial charge in [0, 0.05) is 24.5 Å². The summed E-state index contributed by atoms with van der Waals surface area (Å²) in [5.41, 5.74) is 0.418. The Hall–Kier alpha value is -1.09. The average molecular weight is 329 g/mol. The maximum absolute atomic E-state index is 12.8. The lowest BCUT2D eigenvalue weighted by atomic mass is 9.97. The minimum Gasteiger partial charge on any atom is -0.207 e. The van der Waals surface area contributed by atoms with Crippen LogP contribution in [0.25, 0.3) is 0 Å². The van der Waals surface area contributed by atoms with Crippen molar-refractivity contribution in [2.24, 2.45) is 5.41 Å². The van der Waals surface area contributed by atoms with E-state index >= 15 is 0 Å². The highest BCUT2D eigenvalue weighted by Crippen LogP contribution is 2.26. The largest absolute Gasteiger partial charge is 0.243 e. The third-order valence-corrected chi connectivity index (χ3v) is 5.12. The number of hydrogen-bond donors (Lipinski definition) is 0. The van der Waals surface area contributed by atoms with Crippen molar-refractivity contribution < 1.29 is 8.42 Å². The van der Waals surface area contributed by atoms with Crippen molar-refractivity contribution in [2.75, 3.05) is 13.1 Å². The maximum Gasteiger partial charge on any atom is 0.243 e.